The normalized spacial score (nSPS) is 10.3. The Balaban J connectivity index is 2.08. The minimum absolute atomic E-state index is 0.0903. The molecule has 2 rings (SSSR count). The van der Waals surface area contributed by atoms with Crippen LogP contribution in [0.25, 0.3) is 0 Å². The summed E-state index contributed by atoms with van der Waals surface area (Å²) in [6.45, 7) is 2.12. The highest BCUT2D eigenvalue weighted by atomic mass is 79.9. The lowest BCUT2D eigenvalue weighted by Crippen LogP contribution is -2.37. The molecule has 0 aromatic heterocycles. The highest BCUT2D eigenvalue weighted by Gasteiger charge is 2.18. The molecule has 0 saturated heterocycles. The van der Waals surface area contributed by atoms with Crippen molar-refractivity contribution in [3.63, 3.8) is 0 Å². The van der Waals surface area contributed by atoms with E-state index in [4.69, 9.17) is 23.2 Å². The molecule has 0 radical (unpaired) electrons. The molecule has 126 valence electrons. The highest BCUT2D eigenvalue weighted by molar-refractivity contribution is 9.10. The summed E-state index contributed by atoms with van der Waals surface area (Å²) in [4.78, 5) is 26.2. The first-order valence-electron chi connectivity index (χ1n) is 7.21. The van der Waals surface area contributed by atoms with Gasteiger partial charge in [-0.05, 0) is 43.3 Å². The fourth-order valence-corrected chi connectivity index (χ4v) is 2.83. The quantitative estimate of drug-likeness (QED) is 0.737. The third-order valence-corrected chi connectivity index (χ3v) is 4.48. The SMILES string of the molecule is CCN(CC(=O)Nc1c(Cl)cccc1Cl)C(=O)c1ccc(Br)cc1. The van der Waals surface area contributed by atoms with Crippen LogP contribution in [0.3, 0.4) is 0 Å². The Morgan fingerprint density at radius 2 is 1.67 bits per heavy atom. The van der Waals surface area contributed by atoms with Gasteiger partial charge in [-0.2, -0.15) is 0 Å². The zero-order chi connectivity index (χ0) is 17.7. The predicted octanol–water partition coefficient (Wildman–Crippen LogP) is 4.86. The van der Waals surface area contributed by atoms with E-state index in [1.807, 2.05) is 6.92 Å². The molecule has 0 fully saturated rings. The van der Waals surface area contributed by atoms with Crippen molar-refractivity contribution in [2.45, 2.75) is 6.92 Å². The van der Waals surface area contributed by atoms with Crippen LogP contribution in [0.2, 0.25) is 10.0 Å². The molecule has 0 unspecified atom stereocenters. The van der Waals surface area contributed by atoms with Gasteiger partial charge in [0, 0.05) is 16.6 Å². The van der Waals surface area contributed by atoms with Crippen LogP contribution in [-0.4, -0.2) is 29.8 Å². The number of anilines is 1. The van der Waals surface area contributed by atoms with E-state index >= 15 is 0 Å². The van der Waals surface area contributed by atoms with Crippen LogP contribution in [0, 0.1) is 0 Å². The molecule has 0 aliphatic carbocycles. The first-order valence-corrected chi connectivity index (χ1v) is 8.76. The Labute approximate surface area is 158 Å². The molecular formula is C17H15BrCl2N2O2. The maximum Gasteiger partial charge on any atom is 0.254 e. The molecule has 2 aromatic rings. The average molecular weight is 430 g/mol. The van der Waals surface area contributed by atoms with Crippen molar-refractivity contribution in [1.82, 2.24) is 4.90 Å². The third kappa shape index (κ3) is 4.72. The fraction of sp³-hybridized carbons (Fsp3) is 0.176. The van der Waals surface area contributed by atoms with Crippen LogP contribution >= 0.6 is 39.1 Å². The number of hydrogen-bond acceptors (Lipinski definition) is 2. The van der Waals surface area contributed by atoms with Gasteiger partial charge in [0.05, 0.1) is 15.7 Å². The molecule has 4 nitrogen and oxygen atoms in total. The second-order valence-corrected chi connectivity index (χ2v) is 6.70. The number of rotatable bonds is 5. The second kappa shape index (κ2) is 8.51. The van der Waals surface area contributed by atoms with Crippen LogP contribution in [0.4, 0.5) is 5.69 Å². The summed E-state index contributed by atoms with van der Waals surface area (Å²) < 4.78 is 0.883. The summed E-state index contributed by atoms with van der Waals surface area (Å²) in [6.07, 6.45) is 0. The molecule has 2 aromatic carbocycles. The average Bonchev–Trinajstić information content (AvgIpc) is 2.56. The van der Waals surface area contributed by atoms with Gasteiger partial charge in [0.2, 0.25) is 5.91 Å². The summed E-state index contributed by atoms with van der Waals surface area (Å²) in [6, 6.07) is 11.9. The topological polar surface area (TPSA) is 49.4 Å². The number of amides is 2. The van der Waals surface area contributed by atoms with E-state index in [0.717, 1.165) is 4.47 Å². The minimum atomic E-state index is -0.364. The van der Waals surface area contributed by atoms with Crippen LogP contribution in [-0.2, 0) is 4.79 Å². The maximum absolute atomic E-state index is 12.5. The summed E-state index contributed by atoms with van der Waals surface area (Å²) in [5.41, 5.74) is 0.863. The zero-order valence-corrected chi connectivity index (χ0v) is 16.0. The van der Waals surface area contributed by atoms with Gasteiger partial charge in [0.1, 0.15) is 6.54 Å². The van der Waals surface area contributed by atoms with Crippen molar-refractivity contribution in [1.29, 1.82) is 0 Å². The first kappa shape index (κ1) is 18.8. The van der Waals surface area contributed by atoms with Crippen LogP contribution < -0.4 is 5.32 Å². The van der Waals surface area contributed by atoms with E-state index < -0.39 is 0 Å². The number of likely N-dealkylation sites (N-methyl/N-ethyl adjacent to an activating group) is 1. The molecule has 7 heteroatoms. The van der Waals surface area contributed by atoms with Gasteiger partial charge in [-0.1, -0.05) is 45.2 Å². The molecule has 0 aliphatic heterocycles. The summed E-state index contributed by atoms with van der Waals surface area (Å²) in [5.74, 6) is -0.581. The molecular weight excluding hydrogens is 415 g/mol. The predicted molar refractivity (Wildman–Crippen MR) is 101 cm³/mol. The molecule has 0 saturated carbocycles. The zero-order valence-electron chi connectivity index (χ0n) is 12.9. The minimum Gasteiger partial charge on any atom is -0.330 e. The van der Waals surface area contributed by atoms with Crippen molar-refractivity contribution < 1.29 is 9.59 Å². The molecule has 0 aliphatic rings. The van der Waals surface area contributed by atoms with E-state index in [2.05, 4.69) is 21.2 Å². The second-order valence-electron chi connectivity index (χ2n) is 4.97. The van der Waals surface area contributed by atoms with Crippen LogP contribution in [0.15, 0.2) is 46.9 Å². The Morgan fingerprint density at radius 1 is 1.08 bits per heavy atom. The molecule has 0 bridgehead atoms. The van der Waals surface area contributed by atoms with Crippen molar-refractivity contribution in [2.24, 2.45) is 0 Å². The summed E-state index contributed by atoms with van der Waals surface area (Å²) in [5, 5.41) is 3.35. The number of nitrogens with one attached hydrogen (secondary N) is 1. The lowest BCUT2D eigenvalue weighted by atomic mass is 10.2. The van der Waals surface area contributed by atoms with Gasteiger partial charge in [-0.3, -0.25) is 9.59 Å². The van der Waals surface area contributed by atoms with E-state index in [9.17, 15) is 9.59 Å². The molecule has 1 N–H and O–H groups in total. The smallest absolute Gasteiger partial charge is 0.254 e. The first-order chi connectivity index (χ1) is 11.4. The third-order valence-electron chi connectivity index (χ3n) is 3.32. The van der Waals surface area contributed by atoms with Gasteiger partial charge in [0.15, 0.2) is 0 Å². The Kier molecular flexibility index (Phi) is 6.66. The number of halogens is 3. The highest BCUT2D eigenvalue weighted by Crippen LogP contribution is 2.29. The van der Waals surface area contributed by atoms with E-state index in [0.29, 0.717) is 27.8 Å². The Morgan fingerprint density at radius 3 is 2.21 bits per heavy atom. The van der Waals surface area contributed by atoms with Crippen molar-refractivity contribution >= 4 is 56.6 Å². The van der Waals surface area contributed by atoms with Gasteiger partial charge in [0.25, 0.3) is 5.91 Å². The fourth-order valence-electron chi connectivity index (χ4n) is 2.07. The number of benzene rings is 2. The molecule has 0 atom stereocenters. The van der Waals surface area contributed by atoms with Crippen molar-refractivity contribution in [2.75, 3.05) is 18.4 Å². The van der Waals surface area contributed by atoms with Crippen LogP contribution in [0.1, 0.15) is 17.3 Å². The Hall–Kier alpha value is -1.56. The number of nitrogens with zero attached hydrogens (tertiary/aromatic N) is 1. The number of hydrogen-bond donors (Lipinski definition) is 1. The van der Waals surface area contributed by atoms with Gasteiger partial charge < -0.3 is 10.2 Å². The van der Waals surface area contributed by atoms with Gasteiger partial charge in [-0.15, -0.1) is 0 Å². The van der Waals surface area contributed by atoms with E-state index in [1.54, 1.807) is 42.5 Å². The van der Waals surface area contributed by atoms with E-state index in [-0.39, 0.29) is 18.4 Å². The Bertz CT molecular complexity index is 731. The largest absolute Gasteiger partial charge is 0.330 e. The summed E-state index contributed by atoms with van der Waals surface area (Å²) >= 11 is 15.4. The van der Waals surface area contributed by atoms with Crippen molar-refractivity contribution in [3.05, 3.63) is 62.5 Å². The van der Waals surface area contributed by atoms with E-state index in [1.165, 1.54) is 4.90 Å². The standard InChI is InChI=1S/C17H15BrCl2N2O2/c1-2-22(17(24)11-6-8-12(18)9-7-11)10-15(23)21-16-13(19)4-3-5-14(16)20/h3-9H,2,10H2,1H3,(H,21,23). The monoisotopic (exact) mass is 428 g/mol. The van der Waals surface area contributed by atoms with Crippen LogP contribution in [0.5, 0.6) is 0 Å². The summed E-state index contributed by atoms with van der Waals surface area (Å²) in [7, 11) is 0. The van der Waals surface area contributed by atoms with Gasteiger partial charge >= 0.3 is 0 Å². The molecule has 2 amide bonds. The lowest BCUT2D eigenvalue weighted by Gasteiger charge is -2.21. The number of carbonyl (C=O) groups excluding carboxylic acids is 2. The number of carbonyl (C=O) groups is 2. The maximum atomic E-state index is 12.5. The molecule has 0 spiro atoms. The van der Waals surface area contributed by atoms with Crippen molar-refractivity contribution in [3.8, 4) is 0 Å². The molecule has 0 heterocycles. The van der Waals surface area contributed by atoms with Gasteiger partial charge in [-0.25, -0.2) is 0 Å². The lowest BCUT2D eigenvalue weighted by molar-refractivity contribution is -0.116. The number of para-hydroxylation sites is 1. The molecule has 24 heavy (non-hydrogen) atoms.